The number of nitriles is 1. The summed E-state index contributed by atoms with van der Waals surface area (Å²) in [4.78, 5) is 29.7. The number of aromatic nitrogens is 1. The molecule has 2 amide bonds. The lowest BCUT2D eigenvalue weighted by Gasteiger charge is -2.25. The highest BCUT2D eigenvalue weighted by atomic mass is 32.1. The summed E-state index contributed by atoms with van der Waals surface area (Å²) in [5, 5.41) is 17.6. The van der Waals surface area contributed by atoms with Crippen LogP contribution in [0.25, 0.3) is 5.57 Å². The van der Waals surface area contributed by atoms with Gasteiger partial charge in [0, 0.05) is 29.3 Å². The molecule has 0 saturated carbocycles. The first-order valence-corrected chi connectivity index (χ1v) is 12.8. The lowest BCUT2D eigenvalue weighted by molar-refractivity contribution is -0.115. The monoisotopic (exact) mass is 511 g/mol. The molecule has 0 aliphatic heterocycles. The predicted molar refractivity (Wildman–Crippen MR) is 147 cm³/mol. The molecule has 37 heavy (non-hydrogen) atoms. The molecular formula is C29H29N5O2S. The SMILES string of the molecule is CC(C)(CN)c1cccc(C(=O)NCC(=O)Nc2nc(C3(C#N)C=CC=C(c4ccccc4)C3)cs2)c1. The Morgan fingerprint density at radius 3 is 2.70 bits per heavy atom. The van der Waals surface area contributed by atoms with Crippen LogP contribution in [0.15, 0.2) is 78.2 Å². The lowest BCUT2D eigenvalue weighted by atomic mass is 9.76. The molecule has 188 valence electrons. The van der Waals surface area contributed by atoms with Crippen molar-refractivity contribution in [3.8, 4) is 6.07 Å². The van der Waals surface area contributed by atoms with E-state index in [0.717, 1.165) is 16.7 Å². The average Bonchev–Trinajstić information content (AvgIpc) is 3.41. The van der Waals surface area contributed by atoms with Crippen LogP contribution in [0.5, 0.6) is 0 Å². The summed E-state index contributed by atoms with van der Waals surface area (Å²) in [5.74, 6) is -0.747. The number of amides is 2. The van der Waals surface area contributed by atoms with E-state index < -0.39 is 11.3 Å². The molecule has 0 saturated heterocycles. The third-order valence-corrected chi connectivity index (χ3v) is 7.28. The Labute approximate surface area is 220 Å². The highest BCUT2D eigenvalue weighted by Gasteiger charge is 2.35. The number of thiazole rings is 1. The fourth-order valence-electron chi connectivity index (χ4n) is 4.07. The van der Waals surface area contributed by atoms with Gasteiger partial charge in [-0.05, 0) is 28.8 Å². The van der Waals surface area contributed by atoms with Gasteiger partial charge >= 0.3 is 0 Å². The fourth-order valence-corrected chi connectivity index (χ4v) is 4.88. The van der Waals surface area contributed by atoms with Crippen molar-refractivity contribution < 1.29 is 9.59 Å². The van der Waals surface area contributed by atoms with Gasteiger partial charge in [-0.25, -0.2) is 4.98 Å². The van der Waals surface area contributed by atoms with Gasteiger partial charge in [0.2, 0.25) is 5.91 Å². The van der Waals surface area contributed by atoms with Gasteiger partial charge in [-0.3, -0.25) is 9.59 Å². The van der Waals surface area contributed by atoms with Gasteiger partial charge in [-0.1, -0.05) is 74.5 Å². The van der Waals surface area contributed by atoms with Gasteiger partial charge in [-0.15, -0.1) is 11.3 Å². The minimum atomic E-state index is -0.921. The topological polar surface area (TPSA) is 121 Å². The third kappa shape index (κ3) is 5.85. The molecule has 0 spiro atoms. The number of carbonyl (C=O) groups excluding carboxylic acids is 2. The second-order valence-corrected chi connectivity index (χ2v) is 10.5. The standard InChI is InChI=1S/C29H29N5O2S/c1-28(2,18-30)23-12-6-10-21(14-23)26(36)32-16-25(35)34-27-33-24(17-37-27)29(19-31)13-7-11-22(15-29)20-8-4-3-5-9-20/h3-14,17H,15-16,18,30H2,1-2H3,(H,32,36)(H,33,34,35). The quantitative estimate of drug-likeness (QED) is 0.410. The first-order valence-electron chi connectivity index (χ1n) is 12.0. The maximum atomic E-state index is 12.6. The number of allylic oxidation sites excluding steroid dienone is 4. The van der Waals surface area contributed by atoms with Crippen LogP contribution in [0.1, 0.15) is 47.4 Å². The van der Waals surface area contributed by atoms with Crippen molar-refractivity contribution in [3.63, 3.8) is 0 Å². The molecule has 1 aromatic heterocycles. The first kappa shape index (κ1) is 26.0. The number of hydrogen-bond acceptors (Lipinski definition) is 6. The summed E-state index contributed by atoms with van der Waals surface area (Å²) >= 11 is 1.25. The molecule has 1 aliphatic rings. The zero-order valence-corrected chi connectivity index (χ0v) is 21.6. The molecule has 0 fully saturated rings. The number of rotatable bonds is 8. The van der Waals surface area contributed by atoms with Crippen molar-refractivity contribution in [1.29, 1.82) is 5.26 Å². The van der Waals surface area contributed by atoms with Crippen LogP contribution in [0.3, 0.4) is 0 Å². The highest BCUT2D eigenvalue weighted by Crippen LogP contribution is 2.39. The summed E-state index contributed by atoms with van der Waals surface area (Å²) in [6.45, 7) is 4.27. The van der Waals surface area contributed by atoms with E-state index >= 15 is 0 Å². The van der Waals surface area contributed by atoms with E-state index in [0.29, 0.717) is 29.4 Å². The van der Waals surface area contributed by atoms with Gasteiger partial charge in [0.15, 0.2) is 5.13 Å². The summed E-state index contributed by atoms with van der Waals surface area (Å²) in [5.41, 5.74) is 8.77. The molecule has 2 aromatic carbocycles. The molecule has 1 unspecified atom stereocenters. The Morgan fingerprint density at radius 2 is 1.97 bits per heavy atom. The van der Waals surface area contributed by atoms with E-state index in [2.05, 4.69) is 21.7 Å². The Bertz CT molecular complexity index is 1400. The largest absolute Gasteiger partial charge is 0.343 e. The average molecular weight is 512 g/mol. The molecular weight excluding hydrogens is 482 g/mol. The summed E-state index contributed by atoms with van der Waals surface area (Å²) in [6, 6.07) is 19.6. The Kier molecular flexibility index (Phi) is 7.67. The van der Waals surface area contributed by atoms with E-state index in [1.165, 1.54) is 11.3 Å². The van der Waals surface area contributed by atoms with Crippen LogP contribution in [0, 0.1) is 11.3 Å². The maximum Gasteiger partial charge on any atom is 0.251 e. The summed E-state index contributed by atoms with van der Waals surface area (Å²) < 4.78 is 0. The fraction of sp³-hybridized carbons (Fsp3) is 0.241. The first-order chi connectivity index (χ1) is 17.8. The minimum absolute atomic E-state index is 0.206. The Hall–Kier alpha value is -4.06. The third-order valence-electron chi connectivity index (χ3n) is 6.53. The molecule has 1 heterocycles. The summed E-state index contributed by atoms with van der Waals surface area (Å²) in [6.07, 6.45) is 6.22. The van der Waals surface area contributed by atoms with Crippen LogP contribution >= 0.6 is 11.3 Å². The zero-order valence-electron chi connectivity index (χ0n) is 20.8. The summed E-state index contributed by atoms with van der Waals surface area (Å²) in [7, 11) is 0. The minimum Gasteiger partial charge on any atom is -0.343 e. The number of anilines is 1. The molecule has 7 nitrogen and oxygen atoms in total. The van der Waals surface area contributed by atoms with Gasteiger partial charge in [0.1, 0.15) is 5.41 Å². The molecule has 1 atom stereocenters. The lowest BCUT2D eigenvalue weighted by Crippen LogP contribution is -2.33. The van der Waals surface area contributed by atoms with Crippen LogP contribution in [0.4, 0.5) is 5.13 Å². The molecule has 4 rings (SSSR count). The van der Waals surface area contributed by atoms with Crippen LogP contribution in [0.2, 0.25) is 0 Å². The number of benzene rings is 2. The van der Waals surface area contributed by atoms with Crippen molar-refractivity contribution in [3.05, 3.63) is 101 Å². The van der Waals surface area contributed by atoms with Gasteiger partial charge in [0.25, 0.3) is 5.91 Å². The van der Waals surface area contributed by atoms with Crippen LogP contribution in [-0.4, -0.2) is 29.9 Å². The molecule has 4 N–H and O–H groups in total. The van der Waals surface area contributed by atoms with Crippen molar-refractivity contribution in [2.24, 2.45) is 5.73 Å². The van der Waals surface area contributed by atoms with Gasteiger partial charge in [-0.2, -0.15) is 5.26 Å². The van der Waals surface area contributed by atoms with Crippen molar-refractivity contribution in [2.75, 3.05) is 18.4 Å². The smallest absolute Gasteiger partial charge is 0.251 e. The van der Waals surface area contributed by atoms with Crippen molar-refractivity contribution >= 4 is 33.9 Å². The Balaban J connectivity index is 1.38. The number of hydrogen-bond donors (Lipinski definition) is 3. The van der Waals surface area contributed by atoms with Crippen LogP contribution in [-0.2, 0) is 15.6 Å². The Morgan fingerprint density at radius 1 is 1.19 bits per heavy atom. The van der Waals surface area contributed by atoms with E-state index in [-0.39, 0.29) is 17.9 Å². The van der Waals surface area contributed by atoms with E-state index in [1.807, 2.05) is 74.5 Å². The molecule has 0 bridgehead atoms. The molecule has 3 aromatic rings. The van der Waals surface area contributed by atoms with E-state index in [1.54, 1.807) is 17.5 Å². The zero-order chi connectivity index (χ0) is 26.5. The van der Waals surface area contributed by atoms with Crippen LogP contribution < -0.4 is 16.4 Å². The maximum absolute atomic E-state index is 12.6. The van der Waals surface area contributed by atoms with Gasteiger partial charge < -0.3 is 16.4 Å². The van der Waals surface area contributed by atoms with E-state index in [9.17, 15) is 14.9 Å². The number of nitrogens with one attached hydrogen (secondary N) is 2. The molecule has 0 radical (unpaired) electrons. The number of nitrogens with two attached hydrogens (primary N) is 1. The molecule has 1 aliphatic carbocycles. The predicted octanol–water partition coefficient (Wildman–Crippen LogP) is 4.55. The highest BCUT2D eigenvalue weighted by molar-refractivity contribution is 7.14. The van der Waals surface area contributed by atoms with Crippen molar-refractivity contribution in [2.45, 2.75) is 31.1 Å². The second-order valence-electron chi connectivity index (χ2n) is 9.61. The molecule has 8 heteroatoms. The number of nitrogens with zero attached hydrogens (tertiary/aromatic N) is 2. The number of carbonyl (C=O) groups is 2. The van der Waals surface area contributed by atoms with E-state index in [4.69, 9.17) is 5.73 Å². The van der Waals surface area contributed by atoms with Crippen molar-refractivity contribution in [1.82, 2.24) is 10.3 Å². The van der Waals surface area contributed by atoms with Gasteiger partial charge in [0.05, 0.1) is 18.3 Å². The second kappa shape index (κ2) is 10.9. The normalized spacial score (nSPS) is 17.0.